The monoisotopic (exact) mass is 274 g/mol. The molecule has 0 saturated carbocycles. The molecule has 98 valence electrons. The number of methoxy groups -OCH3 is 1. The summed E-state index contributed by atoms with van der Waals surface area (Å²) in [4.78, 5) is 16.6. The summed E-state index contributed by atoms with van der Waals surface area (Å²) in [6.45, 7) is 1.78. The molecule has 2 aromatic rings. The Hall–Kier alpha value is -2.14. The zero-order valence-corrected chi connectivity index (χ0v) is 11.5. The molecule has 4 nitrogen and oxygen atoms in total. The van der Waals surface area contributed by atoms with Gasteiger partial charge in [0.25, 0.3) is 0 Å². The first-order chi connectivity index (χ1) is 9.10. The average molecular weight is 274 g/mol. The third-order valence-electron chi connectivity index (χ3n) is 2.58. The molecule has 0 unspecified atom stereocenters. The molecule has 2 rings (SSSR count). The molecular weight excluding hydrogens is 260 g/mol. The predicted octanol–water partition coefficient (Wildman–Crippen LogP) is 2.94. The minimum atomic E-state index is -0.0810. The highest BCUT2D eigenvalue weighted by Gasteiger charge is 2.11. The summed E-state index contributed by atoms with van der Waals surface area (Å²) >= 11 is 1.21. The minimum Gasteiger partial charge on any atom is -0.497 e. The number of carbonyl (C=O) groups excluding carboxylic acids is 1. The van der Waals surface area contributed by atoms with Crippen LogP contribution in [0.15, 0.2) is 30.3 Å². The Labute approximate surface area is 115 Å². The first kappa shape index (κ1) is 13.3. The van der Waals surface area contributed by atoms with Crippen LogP contribution in [-0.4, -0.2) is 17.9 Å². The second-order valence-corrected chi connectivity index (χ2v) is 4.97. The van der Waals surface area contributed by atoms with Crippen LogP contribution in [0, 0.1) is 6.92 Å². The molecule has 0 radical (unpaired) electrons. The Morgan fingerprint density at radius 2 is 2.05 bits per heavy atom. The number of ketones is 1. The fourth-order valence-corrected chi connectivity index (χ4v) is 2.36. The second-order valence-electron chi connectivity index (χ2n) is 3.94. The molecule has 0 aliphatic rings. The van der Waals surface area contributed by atoms with Gasteiger partial charge < -0.3 is 10.5 Å². The maximum Gasteiger partial charge on any atom is 0.197 e. The lowest BCUT2D eigenvalue weighted by Gasteiger charge is -1.98. The number of benzene rings is 1. The number of nitrogens with zero attached hydrogens (tertiary/aromatic N) is 1. The summed E-state index contributed by atoms with van der Waals surface area (Å²) < 4.78 is 5.07. The predicted molar refractivity (Wildman–Crippen MR) is 77.6 cm³/mol. The molecule has 0 saturated heterocycles. The maximum absolute atomic E-state index is 12.0. The number of aromatic nitrogens is 1. The van der Waals surface area contributed by atoms with Gasteiger partial charge in [0.15, 0.2) is 10.9 Å². The lowest BCUT2D eigenvalue weighted by molar-refractivity contribution is 0.105. The van der Waals surface area contributed by atoms with Gasteiger partial charge in [-0.2, -0.15) is 0 Å². The molecule has 2 N–H and O–H groups in total. The topological polar surface area (TPSA) is 65.2 Å². The van der Waals surface area contributed by atoms with E-state index in [1.54, 1.807) is 20.1 Å². The smallest absolute Gasteiger partial charge is 0.197 e. The number of rotatable bonds is 4. The zero-order chi connectivity index (χ0) is 13.8. The molecule has 0 atom stereocenters. The van der Waals surface area contributed by atoms with Gasteiger partial charge >= 0.3 is 0 Å². The second kappa shape index (κ2) is 5.67. The maximum atomic E-state index is 12.0. The van der Waals surface area contributed by atoms with Gasteiger partial charge in [0.05, 0.1) is 17.7 Å². The summed E-state index contributed by atoms with van der Waals surface area (Å²) in [7, 11) is 1.62. The van der Waals surface area contributed by atoms with Gasteiger partial charge in [-0.3, -0.25) is 4.79 Å². The number of carbonyl (C=O) groups is 1. The molecule has 1 aromatic carbocycles. The minimum absolute atomic E-state index is 0.0810. The Morgan fingerprint density at radius 3 is 2.58 bits per heavy atom. The van der Waals surface area contributed by atoms with Crippen molar-refractivity contribution in [3.8, 4) is 5.75 Å². The van der Waals surface area contributed by atoms with Gasteiger partial charge in [-0.05, 0) is 30.7 Å². The van der Waals surface area contributed by atoms with E-state index in [2.05, 4.69) is 4.98 Å². The standard InChI is InChI=1S/C14H14N2O2S/c1-9-13(19-14(15)16-9)12(17)8-5-10-3-6-11(18-2)7-4-10/h3-8H,1-2H3,(H2,15,16)/b8-5+. The number of nitrogen functional groups attached to an aromatic ring is 1. The SMILES string of the molecule is COc1ccc(/C=C/C(=O)c2sc(N)nc2C)cc1. The van der Waals surface area contributed by atoms with E-state index in [-0.39, 0.29) is 5.78 Å². The highest BCUT2D eigenvalue weighted by atomic mass is 32.1. The van der Waals surface area contributed by atoms with Crippen LogP contribution in [0.4, 0.5) is 5.13 Å². The molecule has 0 fully saturated rings. The Morgan fingerprint density at radius 1 is 1.37 bits per heavy atom. The van der Waals surface area contributed by atoms with Crippen molar-refractivity contribution in [3.63, 3.8) is 0 Å². The summed E-state index contributed by atoms with van der Waals surface area (Å²) in [6, 6.07) is 7.47. The van der Waals surface area contributed by atoms with Crippen molar-refractivity contribution in [2.75, 3.05) is 12.8 Å². The summed E-state index contributed by atoms with van der Waals surface area (Å²) in [5.74, 6) is 0.706. The summed E-state index contributed by atoms with van der Waals surface area (Å²) in [5, 5.41) is 0.415. The number of allylic oxidation sites excluding steroid dienone is 1. The van der Waals surface area contributed by atoms with Crippen LogP contribution in [-0.2, 0) is 0 Å². The van der Waals surface area contributed by atoms with Crippen LogP contribution >= 0.6 is 11.3 Å². The molecule has 0 spiro atoms. The lowest BCUT2D eigenvalue weighted by Crippen LogP contribution is -1.93. The normalized spacial score (nSPS) is 10.8. The van der Waals surface area contributed by atoms with Crippen molar-refractivity contribution in [2.45, 2.75) is 6.92 Å². The molecule has 5 heteroatoms. The molecular formula is C14H14N2O2S. The zero-order valence-electron chi connectivity index (χ0n) is 10.7. The first-order valence-corrected chi connectivity index (χ1v) is 6.51. The van der Waals surface area contributed by atoms with Crippen molar-refractivity contribution >= 4 is 28.3 Å². The van der Waals surface area contributed by atoms with Crippen LogP contribution in [0.5, 0.6) is 5.75 Å². The number of hydrogen-bond acceptors (Lipinski definition) is 5. The van der Waals surface area contributed by atoms with E-state index < -0.39 is 0 Å². The van der Waals surface area contributed by atoms with E-state index in [9.17, 15) is 4.79 Å². The fraction of sp³-hybridized carbons (Fsp3) is 0.143. The van der Waals surface area contributed by atoms with E-state index in [0.29, 0.717) is 15.7 Å². The van der Waals surface area contributed by atoms with Crippen LogP contribution in [0.3, 0.4) is 0 Å². The molecule has 0 aliphatic heterocycles. The van der Waals surface area contributed by atoms with Gasteiger partial charge in [-0.15, -0.1) is 0 Å². The molecule has 19 heavy (non-hydrogen) atoms. The van der Waals surface area contributed by atoms with Crippen LogP contribution in [0.1, 0.15) is 20.9 Å². The molecule has 1 heterocycles. The first-order valence-electron chi connectivity index (χ1n) is 5.69. The Kier molecular flexibility index (Phi) is 3.97. The van der Waals surface area contributed by atoms with Crippen molar-refractivity contribution < 1.29 is 9.53 Å². The fourth-order valence-electron chi connectivity index (χ4n) is 1.61. The Bertz CT molecular complexity index is 615. The largest absolute Gasteiger partial charge is 0.497 e. The van der Waals surface area contributed by atoms with Crippen molar-refractivity contribution in [2.24, 2.45) is 0 Å². The number of anilines is 1. The third kappa shape index (κ3) is 3.20. The van der Waals surface area contributed by atoms with Crippen LogP contribution < -0.4 is 10.5 Å². The average Bonchev–Trinajstić information content (AvgIpc) is 2.75. The number of ether oxygens (including phenoxy) is 1. The quantitative estimate of drug-likeness (QED) is 0.687. The number of hydrogen-bond donors (Lipinski definition) is 1. The lowest BCUT2D eigenvalue weighted by atomic mass is 10.1. The number of aryl methyl sites for hydroxylation is 1. The van der Waals surface area contributed by atoms with Crippen LogP contribution in [0.2, 0.25) is 0 Å². The van der Waals surface area contributed by atoms with E-state index >= 15 is 0 Å². The van der Waals surface area contributed by atoms with E-state index in [1.807, 2.05) is 24.3 Å². The number of nitrogens with two attached hydrogens (primary N) is 1. The molecule has 0 aliphatic carbocycles. The van der Waals surface area contributed by atoms with E-state index in [4.69, 9.17) is 10.5 Å². The van der Waals surface area contributed by atoms with Gasteiger partial charge in [-0.25, -0.2) is 4.98 Å². The van der Waals surface area contributed by atoms with Crippen molar-refractivity contribution in [1.82, 2.24) is 4.98 Å². The highest BCUT2D eigenvalue weighted by Crippen LogP contribution is 2.21. The number of thiazole rings is 1. The van der Waals surface area contributed by atoms with Gasteiger partial charge in [-0.1, -0.05) is 29.5 Å². The summed E-state index contributed by atoms with van der Waals surface area (Å²) in [6.07, 6.45) is 3.29. The third-order valence-corrected chi connectivity index (χ3v) is 3.58. The van der Waals surface area contributed by atoms with E-state index in [1.165, 1.54) is 17.4 Å². The molecule has 0 amide bonds. The van der Waals surface area contributed by atoms with Gasteiger partial charge in [0.1, 0.15) is 5.75 Å². The van der Waals surface area contributed by atoms with Gasteiger partial charge in [0, 0.05) is 0 Å². The van der Waals surface area contributed by atoms with Crippen molar-refractivity contribution in [1.29, 1.82) is 0 Å². The molecule has 1 aromatic heterocycles. The van der Waals surface area contributed by atoms with E-state index in [0.717, 1.165) is 11.3 Å². The Balaban J connectivity index is 2.13. The summed E-state index contributed by atoms with van der Waals surface area (Å²) in [5.41, 5.74) is 7.18. The molecule has 0 bridgehead atoms. The highest BCUT2D eigenvalue weighted by molar-refractivity contribution is 7.17. The van der Waals surface area contributed by atoms with Gasteiger partial charge in [0.2, 0.25) is 0 Å². The van der Waals surface area contributed by atoms with Crippen molar-refractivity contribution in [3.05, 3.63) is 46.5 Å². The van der Waals surface area contributed by atoms with Crippen LogP contribution in [0.25, 0.3) is 6.08 Å².